The number of hydrogen-bond donors (Lipinski definition) is 2. The molecule has 7 nitrogen and oxygen atoms in total. The van der Waals surface area contributed by atoms with Crippen molar-refractivity contribution in [1.82, 2.24) is 25.4 Å². The van der Waals surface area contributed by atoms with Crippen LogP contribution in [0.1, 0.15) is 18.3 Å². The Morgan fingerprint density at radius 1 is 1.32 bits per heavy atom. The fraction of sp³-hybridized carbons (Fsp3) is 0.438. The van der Waals surface area contributed by atoms with Gasteiger partial charge in [0, 0.05) is 27.7 Å². The summed E-state index contributed by atoms with van der Waals surface area (Å²) >= 11 is 0. The van der Waals surface area contributed by atoms with Crippen molar-refractivity contribution >= 4 is 35.6 Å². The molecule has 0 amide bonds. The molecule has 9 heteroatoms. The summed E-state index contributed by atoms with van der Waals surface area (Å²) in [5.41, 5.74) is 1.38. The van der Waals surface area contributed by atoms with Crippen LogP contribution in [0.15, 0.2) is 29.5 Å². The summed E-state index contributed by atoms with van der Waals surface area (Å²) in [5.74, 6) is 1.21. The van der Waals surface area contributed by atoms with Crippen LogP contribution in [0.2, 0.25) is 0 Å². The molecule has 2 rings (SSSR count). The van der Waals surface area contributed by atoms with E-state index in [-0.39, 0.29) is 29.8 Å². The molecule has 25 heavy (non-hydrogen) atoms. The second-order valence-corrected chi connectivity index (χ2v) is 5.53. The summed E-state index contributed by atoms with van der Waals surface area (Å²) in [7, 11) is 5.47. The summed E-state index contributed by atoms with van der Waals surface area (Å²) in [6.07, 6.45) is 1.51. The molecular formula is C16H25FIN7. The van der Waals surface area contributed by atoms with Crippen molar-refractivity contribution in [1.29, 1.82) is 0 Å². The van der Waals surface area contributed by atoms with Gasteiger partial charge in [0.25, 0.3) is 0 Å². The Kier molecular flexibility index (Phi) is 8.59. The molecule has 0 aliphatic heterocycles. The van der Waals surface area contributed by atoms with E-state index in [1.54, 1.807) is 15.6 Å². The molecule has 0 saturated heterocycles. The number of rotatable bonds is 6. The molecule has 0 spiro atoms. The van der Waals surface area contributed by atoms with Crippen LogP contribution in [-0.2, 0) is 20.1 Å². The SMILES string of the molecule is CCNC(=NCc1ccc(N(C)C)c(F)c1)NCc1ncnn1C.I. The minimum absolute atomic E-state index is 0. The monoisotopic (exact) mass is 461 g/mol. The number of aryl methyl sites for hydroxylation is 1. The van der Waals surface area contributed by atoms with E-state index >= 15 is 0 Å². The van der Waals surface area contributed by atoms with Gasteiger partial charge in [-0.2, -0.15) is 5.10 Å². The van der Waals surface area contributed by atoms with Crippen LogP contribution in [0.5, 0.6) is 0 Å². The van der Waals surface area contributed by atoms with Crippen molar-refractivity contribution < 1.29 is 4.39 Å². The Hall–Kier alpha value is -1.91. The van der Waals surface area contributed by atoms with Crippen molar-refractivity contribution in [3.05, 3.63) is 41.7 Å². The maximum absolute atomic E-state index is 14.0. The number of nitrogens with one attached hydrogen (secondary N) is 2. The Morgan fingerprint density at radius 2 is 2.08 bits per heavy atom. The van der Waals surface area contributed by atoms with Gasteiger partial charge in [0.05, 0.1) is 18.8 Å². The lowest BCUT2D eigenvalue weighted by Gasteiger charge is -2.14. The highest BCUT2D eigenvalue weighted by Crippen LogP contribution is 2.18. The number of aliphatic imine (C=N–C) groups is 1. The van der Waals surface area contributed by atoms with Gasteiger partial charge in [-0.15, -0.1) is 24.0 Å². The molecule has 0 saturated carbocycles. The summed E-state index contributed by atoms with van der Waals surface area (Å²) in [4.78, 5) is 10.4. The highest BCUT2D eigenvalue weighted by Gasteiger charge is 2.06. The van der Waals surface area contributed by atoms with Crippen LogP contribution >= 0.6 is 24.0 Å². The normalized spacial score (nSPS) is 11.0. The summed E-state index contributed by atoms with van der Waals surface area (Å²) in [5, 5.41) is 10.4. The second kappa shape index (κ2) is 10.2. The number of guanidine groups is 1. The third-order valence-electron chi connectivity index (χ3n) is 3.48. The first kappa shape index (κ1) is 21.1. The van der Waals surface area contributed by atoms with Crippen molar-refractivity contribution in [3.63, 3.8) is 0 Å². The number of hydrogen-bond acceptors (Lipinski definition) is 4. The number of aromatic nitrogens is 3. The third-order valence-corrected chi connectivity index (χ3v) is 3.48. The quantitative estimate of drug-likeness (QED) is 0.391. The zero-order valence-electron chi connectivity index (χ0n) is 15.0. The minimum Gasteiger partial charge on any atom is -0.375 e. The molecule has 1 heterocycles. The van der Waals surface area contributed by atoms with Crippen molar-refractivity contribution in [2.45, 2.75) is 20.0 Å². The topological polar surface area (TPSA) is 70.4 Å². The Bertz CT molecular complexity index is 700. The van der Waals surface area contributed by atoms with E-state index in [9.17, 15) is 4.39 Å². The van der Waals surface area contributed by atoms with Gasteiger partial charge in [0.15, 0.2) is 5.96 Å². The molecule has 2 N–H and O–H groups in total. The van der Waals surface area contributed by atoms with E-state index in [2.05, 4.69) is 25.7 Å². The predicted octanol–water partition coefficient (Wildman–Crippen LogP) is 1.89. The van der Waals surface area contributed by atoms with E-state index in [1.807, 2.05) is 34.1 Å². The maximum Gasteiger partial charge on any atom is 0.191 e. The fourth-order valence-electron chi connectivity index (χ4n) is 2.17. The molecular weight excluding hydrogens is 436 g/mol. The van der Waals surface area contributed by atoms with Crippen molar-refractivity contribution in [2.75, 3.05) is 25.5 Å². The first-order chi connectivity index (χ1) is 11.5. The standard InChI is InChI=1S/C16H24FN7.HI/c1-5-18-16(20-10-15-21-11-22-24(15)4)19-9-12-6-7-14(23(2)3)13(17)8-12;/h6-8,11H,5,9-10H2,1-4H3,(H2,18,19,20);1H. The molecule has 0 radical (unpaired) electrons. The smallest absolute Gasteiger partial charge is 0.191 e. The van der Waals surface area contributed by atoms with Gasteiger partial charge in [-0.05, 0) is 24.6 Å². The molecule has 0 aliphatic rings. The zero-order valence-corrected chi connectivity index (χ0v) is 17.3. The lowest BCUT2D eigenvalue weighted by molar-refractivity contribution is 0.623. The molecule has 0 unspecified atom stereocenters. The predicted molar refractivity (Wildman–Crippen MR) is 109 cm³/mol. The Morgan fingerprint density at radius 3 is 2.64 bits per heavy atom. The average molecular weight is 461 g/mol. The number of nitrogens with zero attached hydrogens (tertiary/aromatic N) is 5. The van der Waals surface area contributed by atoms with Crippen molar-refractivity contribution in [2.24, 2.45) is 12.0 Å². The van der Waals surface area contributed by atoms with E-state index in [0.29, 0.717) is 24.7 Å². The van der Waals surface area contributed by atoms with Gasteiger partial charge in [0.1, 0.15) is 18.0 Å². The van der Waals surface area contributed by atoms with E-state index in [1.165, 1.54) is 12.4 Å². The summed E-state index contributed by atoms with van der Waals surface area (Å²) in [6.45, 7) is 3.62. The van der Waals surface area contributed by atoms with E-state index in [0.717, 1.165) is 17.9 Å². The number of benzene rings is 1. The lowest BCUT2D eigenvalue weighted by Crippen LogP contribution is -2.37. The molecule has 2 aromatic rings. The van der Waals surface area contributed by atoms with Crippen LogP contribution in [0, 0.1) is 5.82 Å². The minimum atomic E-state index is -0.246. The molecule has 138 valence electrons. The molecule has 0 bridgehead atoms. The lowest BCUT2D eigenvalue weighted by atomic mass is 10.2. The highest BCUT2D eigenvalue weighted by molar-refractivity contribution is 14.0. The van der Waals surface area contributed by atoms with Gasteiger partial charge >= 0.3 is 0 Å². The molecule has 0 fully saturated rings. The van der Waals surface area contributed by atoms with E-state index in [4.69, 9.17) is 0 Å². The first-order valence-corrected chi connectivity index (χ1v) is 7.82. The summed E-state index contributed by atoms with van der Waals surface area (Å²) < 4.78 is 15.7. The van der Waals surface area contributed by atoms with Crippen LogP contribution in [0.4, 0.5) is 10.1 Å². The van der Waals surface area contributed by atoms with Gasteiger partial charge in [0.2, 0.25) is 0 Å². The average Bonchev–Trinajstić information content (AvgIpc) is 2.95. The van der Waals surface area contributed by atoms with Gasteiger partial charge in [-0.1, -0.05) is 6.07 Å². The van der Waals surface area contributed by atoms with Gasteiger partial charge in [-0.25, -0.2) is 14.4 Å². The fourth-order valence-corrected chi connectivity index (χ4v) is 2.17. The molecule has 1 aromatic heterocycles. The Balaban J connectivity index is 0.00000312. The van der Waals surface area contributed by atoms with Gasteiger partial charge in [-0.3, -0.25) is 4.68 Å². The largest absolute Gasteiger partial charge is 0.375 e. The summed E-state index contributed by atoms with van der Waals surface area (Å²) in [6, 6.07) is 5.17. The number of halogens is 2. The maximum atomic E-state index is 14.0. The molecule has 1 aromatic carbocycles. The van der Waals surface area contributed by atoms with Crippen LogP contribution in [-0.4, -0.2) is 41.4 Å². The van der Waals surface area contributed by atoms with E-state index < -0.39 is 0 Å². The highest BCUT2D eigenvalue weighted by atomic mass is 127. The van der Waals surface area contributed by atoms with Crippen molar-refractivity contribution in [3.8, 4) is 0 Å². The zero-order chi connectivity index (χ0) is 17.5. The van der Waals surface area contributed by atoms with Crippen LogP contribution in [0.3, 0.4) is 0 Å². The second-order valence-electron chi connectivity index (χ2n) is 5.53. The Labute approximate surface area is 164 Å². The molecule has 0 atom stereocenters. The van der Waals surface area contributed by atoms with Crippen LogP contribution in [0.25, 0.3) is 0 Å². The number of anilines is 1. The first-order valence-electron chi connectivity index (χ1n) is 7.82. The van der Waals surface area contributed by atoms with Gasteiger partial charge < -0.3 is 15.5 Å². The molecule has 0 aliphatic carbocycles. The van der Waals surface area contributed by atoms with Crippen LogP contribution < -0.4 is 15.5 Å². The third kappa shape index (κ3) is 6.15.